The van der Waals surface area contributed by atoms with Crippen molar-refractivity contribution in [3.05, 3.63) is 41.7 Å². The fourth-order valence-corrected chi connectivity index (χ4v) is 1.81. The number of halogens is 1. The number of carboxylic acids is 1. The van der Waals surface area contributed by atoms with E-state index >= 15 is 0 Å². The second-order valence-electron chi connectivity index (χ2n) is 4.60. The van der Waals surface area contributed by atoms with Crippen LogP contribution in [0.1, 0.15) is 30.3 Å². The average molecular weight is 306 g/mol. The molecule has 22 heavy (non-hydrogen) atoms. The lowest BCUT2D eigenvalue weighted by Gasteiger charge is -2.06. The molecular weight excluding hydrogens is 291 g/mol. The Labute approximate surface area is 125 Å². The van der Waals surface area contributed by atoms with Crippen LogP contribution >= 0.6 is 0 Å². The van der Waals surface area contributed by atoms with E-state index < -0.39 is 23.7 Å². The Hall–Kier alpha value is -2.77. The molecule has 2 rings (SSSR count). The summed E-state index contributed by atoms with van der Waals surface area (Å²) in [5, 5.41) is 15.0. The van der Waals surface area contributed by atoms with E-state index in [9.17, 15) is 14.0 Å². The maximum Gasteiger partial charge on any atom is 0.325 e. The van der Waals surface area contributed by atoms with Crippen molar-refractivity contribution in [2.24, 2.45) is 0 Å². The fraction of sp³-hybridized carbons (Fsp3) is 0.286. The number of carbonyl (C=O) groups is 2. The monoisotopic (exact) mass is 306 g/mol. The lowest BCUT2D eigenvalue weighted by Crippen LogP contribution is -2.38. The SMILES string of the molecule is CCc1nc(C(=O)N[C@H](C)C(=O)O)nn1-c1ccccc1F. The Kier molecular flexibility index (Phi) is 4.50. The third kappa shape index (κ3) is 3.11. The molecule has 0 spiro atoms. The maximum absolute atomic E-state index is 13.9. The van der Waals surface area contributed by atoms with Gasteiger partial charge in [-0.3, -0.25) is 9.59 Å². The Bertz CT molecular complexity index is 714. The van der Waals surface area contributed by atoms with Gasteiger partial charge in [-0.1, -0.05) is 19.1 Å². The first-order valence-corrected chi connectivity index (χ1v) is 6.68. The molecule has 0 radical (unpaired) electrons. The van der Waals surface area contributed by atoms with Crippen LogP contribution in [-0.4, -0.2) is 37.8 Å². The van der Waals surface area contributed by atoms with Gasteiger partial charge in [-0.2, -0.15) is 0 Å². The molecule has 1 aromatic carbocycles. The zero-order chi connectivity index (χ0) is 16.3. The summed E-state index contributed by atoms with van der Waals surface area (Å²) >= 11 is 0. The quantitative estimate of drug-likeness (QED) is 0.864. The molecule has 0 unspecified atom stereocenters. The van der Waals surface area contributed by atoms with Crippen LogP contribution in [0.15, 0.2) is 24.3 Å². The van der Waals surface area contributed by atoms with Gasteiger partial charge in [-0.25, -0.2) is 14.1 Å². The van der Waals surface area contributed by atoms with Crippen LogP contribution < -0.4 is 5.32 Å². The van der Waals surface area contributed by atoms with Crippen molar-refractivity contribution in [2.75, 3.05) is 0 Å². The van der Waals surface area contributed by atoms with E-state index in [1.807, 2.05) is 0 Å². The van der Waals surface area contributed by atoms with Gasteiger partial charge in [0, 0.05) is 6.42 Å². The predicted molar refractivity (Wildman–Crippen MR) is 75.3 cm³/mol. The highest BCUT2D eigenvalue weighted by atomic mass is 19.1. The van der Waals surface area contributed by atoms with E-state index in [-0.39, 0.29) is 11.5 Å². The third-order valence-corrected chi connectivity index (χ3v) is 2.99. The van der Waals surface area contributed by atoms with Crippen molar-refractivity contribution in [1.29, 1.82) is 0 Å². The number of aliphatic carboxylic acids is 1. The molecule has 116 valence electrons. The lowest BCUT2D eigenvalue weighted by molar-refractivity contribution is -0.138. The Balaban J connectivity index is 2.35. The van der Waals surface area contributed by atoms with Crippen molar-refractivity contribution < 1.29 is 19.1 Å². The summed E-state index contributed by atoms with van der Waals surface area (Å²) in [6.07, 6.45) is 0.434. The van der Waals surface area contributed by atoms with Gasteiger partial charge in [-0.05, 0) is 19.1 Å². The summed E-state index contributed by atoms with van der Waals surface area (Å²) in [7, 11) is 0. The summed E-state index contributed by atoms with van der Waals surface area (Å²) in [5.41, 5.74) is 0.178. The molecule has 0 saturated carbocycles. The number of aryl methyl sites for hydroxylation is 1. The Morgan fingerprint density at radius 3 is 2.68 bits per heavy atom. The number of hydrogen-bond donors (Lipinski definition) is 2. The molecule has 1 amide bonds. The third-order valence-electron chi connectivity index (χ3n) is 2.99. The average Bonchev–Trinajstić information content (AvgIpc) is 2.91. The molecule has 0 aliphatic carbocycles. The van der Waals surface area contributed by atoms with Crippen LogP contribution in [0.5, 0.6) is 0 Å². The summed E-state index contributed by atoms with van der Waals surface area (Å²) in [4.78, 5) is 26.7. The minimum absolute atomic E-state index is 0.178. The highest BCUT2D eigenvalue weighted by Crippen LogP contribution is 2.14. The second-order valence-corrected chi connectivity index (χ2v) is 4.60. The highest BCUT2D eigenvalue weighted by Gasteiger charge is 2.21. The number of para-hydroxylation sites is 1. The minimum Gasteiger partial charge on any atom is -0.480 e. The number of carbonyl (C=O) groups excluding carboxylic acids is 1. The van der Waals surface area contributed by atoms with Crippen molar-refractivity contribution in [2.45, 2.75) is 26.3 Å². The topological polar surface area (TPSA) is 97.1 Å². The van der Waals surface area contributed by atoms with E-state index in [1.165, 1.54) is 23.7 Å². The lowest BCUT2D eigenvalue weighted by atomic mass is 10.3. The molecule has 0 fully saturated rings. The van der Waals surface area contributed by atoms with E-state index in [0.717, 1.165) is 0 Å². The molecule has 1 aromatic heterocycles. The molecule has 1 heterocycles. The van der Waals surface area contributed by atoms with E-state index in [2.05, 4.69) is 15.4 Å². The number of aromatic nitrogens is 3. The van der Waals surface area contributed by atoms with Crippen LogP contribution in [0.2, 0.25) is 0 Å². The van der Waals surface area contributed by atoms with Gasteiger partial charge in [0.1, 0.15) is 23.4 Å². The minimum atomic E-state index is -1.17. The number of nitrogens with zero attached hydrogens (tertiary/aromatic N) is 3. The standard InChI is InChI=1S/C14H15FN4O3/c1-3-11-17-12(13(20)16-8(2)14(21)22)18-19(11)10-7-5-4-6-9(10)15/h4-8H,3H2,1-2H3,(H,16,20)(H,21,22)/t8-/m1/s1. The van der Waals surface area contributed by atoms with E-state index in [1.54, 1.807) is 19.1 Å². The summed E-state index contributed by atoms with van der Waals surface area (Å²) in [5.74, 6) is -2.18. The Morgan fingerprint density at radius 2 is 2.09 bits per heavy atom. The zero-order valence-electron chi connectivity index (χ0n) is 12.1. The summed E-state index contributed by atoms with van der Waals surface area (Å²) < 4.78 is 15.1. The van der Waals surface area contributed by atoms with Gasteiger partial charge in [0.2, 0.25) is 5.82 Å². The first-order chi connectivity index (χ1) is 10.4. The zero-order valence-corrected chi connectivity index (χ0v) is 12.1. The van der Waals surface area contributed by atoms with Gasteiger partial charge >= 0.3 is 5.97 Å². The van der Waals surface area contributed by atoms with Crippen molar-refractivity contribution in [1.82, 2.24) is 20.1 Å². The Morgan fingerprint density at radius 1 is 1.41 bits per heavy atom. The first kappa shape index (κ1) is 15.6. The number of benzene rings is 1. The predicted octanol–water partition coefficient (Wildman–Crippen LogP) is 1.17. The smallest absolute Gasteiger partial charge is 0.325 e. The molecule has 0 saturated heterocycles. The van der Waals surface area contributed by atoms with Crippen LogP contribution in [0.25, 0.3) is 5.69 Å². The summed E-state index contributed by atoms with van der Waals surface area (Å²) in [6.45, 7) is 3.12. The summed E-state index contributed by atoms with van der Waals surface area (Å²) in [6, 6.07) is 4.92. The van der Waals surface area contributed by atoms with Gasteiger partial charge in [0.15, 0.2) is 0 Å². The number of carboxylic acid groups (broad SMARTS) is 1. The van der Waals surface area contributed by atoms with Crippen molar-refractivity contribution in [3.63, 3.8) is 0 Å². The van der Waals surface area contributed by atoms with Gasteiger partial charge in [0.25, 0.3) is 5.91 Å². The molecule has 2 aromatic rings. The highest BCUT2D eigenvalue weighted by molar-refractivity contribution is 5.93. The number of hydrogen-bond acceptors (Lipinski definition) is 4. The molecule has 0 aliphatic rings. The van der Waals surface area contributed by atoms with Crippen LogP contribution in [0.4, 0.5) is 4.39 Å². The molecule has 7 nitrogen and oxygen atoms in total. The normalized spacial score (nSPS) is 12.0. The molecule has 0 bridgehead atoms. The van der Waals surface area contributed by atoms with Crippen LogP contribution in [0, 0.1) is 5.82 Å². The van der Waals surface area contributed by atoms with Gasteiger partial charge < -0.3 is 10.4 Å². The maximum atomic E-state index is 13.9. The van der Waals surface area contributed by atoms with E-state index in [4.69, 9.17) is 5.11 Å². The molecule has 0 aliphatic heterocycles. The second kappa shape index (κ2) is 6.33. The number of nitrogens with one attached hydrogen (secondary N) is 1. The molecule has 2 N–H and O–H groups in total. The molecular formula is C14H15FN4O3. The first-order valence-electron chi connectivity index (χ1n) is 6.68. The van der Waals surface area contributed by atoms with Gasteiger partial charge in [0.05, 0.1) is 0 Å². The van der Waals surface area contributed by atoms with E-state index in [0.29, 0.717) is 12.2 Å². The van der Waals surface area contributed by atoms with Gasteiger partial charge in [-0.15, -0.1) is 5.10 Å². The van der Waals surface area contributed by atoms with Crippen LogP contribution in [-0.2, 0) is 11.2 Å². The number of amides is 1. The van der Waals surface area contributed by atoms with Crippen molar-refractivity contribution in [3.8, 4) is 5.69 Å². The number of rotatable bonds is 5. The van der Waals surface area contributed by atoms with Crippen LogP contribution in [0.3, 0.4) is 0 Å². The molecule has 8 heteroatoms. The molecule has 1 atom stereocenters. The largest absolute Gasteiger partial charge is 0.480 e. The fourth-order valence-electron chi connectivity index (χ4n) is 1.81. The van der Waals surface area contributed by atoms with Crippen molar-refractivity contribution >= 4 is 11.9 Å².